The van der Waals surface area contributed by atoms with Crippen molar-refractivity contribution >= 4 is 24.0 Å². The average Bonchev–Trinajstić information content (AvgIpc) is 2.85. The van der Waals surface area contributed by atoms with Gasteiger partial charge in [-0.3, -0.25) is 4.79 Å². The zero-order valence-corrected chi connectivity index (χ0v) is 11.4. The van der Waals surface area contributed by atoms with E-state index >= 15 is 0 Å². The van der Waals surface area contributed by atoms with Crippen LogP contribution in [0.2, 0.25) is 0 Å². The molecule has 1 aromatic carbocycles. The summed E-state index contributed by atoms with van der Waals surface area (Å²) in [6, 6.07) is 7.33. The number of ether oxygens (including phenoxy) is 2. The van der Waals surface area contributed by atoms with E-state index in [4.69, 9.17) is 15.2 Å². The topological polar surface area (TPSA) is 73.6 Å². The first-order chi connectivity index (χ1) is 8.78. The monoisotopic (exact) mass is 286 g/mol. The molecule has 19 heavy (non-hydrogen) atoms. The van der Waals surface area contributed by atoms with Crippen molar-refractivity contribution in [1.82, 2.24) is 0 Å². The van der Waals surface area contributed by atoms with Gasteiger partial charge < -0.3 is 20.5 Å². The highest BCUT2D eigenvalue weighted by atomic mass is 35.5. The minimum absolute atomic E-state index is 0. The van der Waals surface area contributed by atoms with Crippen LogP contribution in [0.25, 0.3) is 0 Å². The molecule has 1 saturated heterocycles. The lowest BCUT2D eigenvalue weighted by Gasteiger charge is -2.12. The molecule has 1 unspecified atom stereocenters. The Hall–Kier alpha value is -1.30. The third-order valence-corrected chi connectivity index (χ3v) is 2.70. The smallest absolute Gasteiger partial charge is 0.225 e. The van der Waals surface area contributed by atoms with E-state index < -0.39 is 0 Å². The van der Waals surface area contributed by atoms with Gasteiger partial charge in [-0.15, -0.1) is 12.4 Å². The van der Waals surface area contributed by atoms with E-state index in [0.29, 0.717) is 19.6 Å². The molecule has 0 bridgehead atoms. The maximum Gasteiger partial charge on any atom is 0.225 e. The van der Waals surface area contributed by atoms with E-state index in [0.717, 1.165) is 24.5 Å². The highest BCUT2D eigenvalue weighted by Crippen LogP contribution is 2.19. The fourth-order valence-corrected chi connectivity index (χ4v) is 1.77. The predicted octanol–water partition coefficient (Wildman–Crippen LogP) is 1.56. The summed E-state index contributed by atoms with van der Waals surface area (Å²) in [5.74, 6) is 0.720. The van der Waals surface area contributed by atoms with Gasteiger partial charge in [-0.25, -0.2) is 0 Å². The van der Waals surface area contributed by atoms with Crippen LogP contribution >= 0.6 is 12.4 Å². The molecule has 1 aliphatic rings. The second kappa shape index (κ2) is 7.99. The molecule has 1 aliphatic heterocycles. The Morgan fingerprint density at radius 2 is 2.16 bits per heavy atom. The van der Waals surface area contributed by atoms with Gasteiger partial charge >= 0.3 is 0 Å². The summed E-state index contributed by atoms with van der Waals surface area (Å²) in [6.45, 7) is 1.77. The molecule has 0 spiro atoms. The Kier molecular flexibility index (Phi) is 6.62. The van der Waals surface area contributed by atoms with Gasteiger partial charge in [0, 0.05) is 25.1 Å². The second-order valence-corrected chi connectivity index (χ2v) is 4.21. The Morgan fingerprint density at radius 3 is 2.74 bits per heavy atom. The van der Waals surface area contributed by atoms with Gasteiger partial charge in [0.1, 0.15) is 11.9 Å². The van der Waals surface area contributed by atoms with Crippen molar-refractivity contribution in [2.45, 2.75) is 18.9 Å². The van der Waals surface area contributed by atoms with Gasteiger partial charge in [-0.1, -0.05) is 0 Å². The molecule has 0 saturated carbocycles. The van der Waals surface area contributed by atoms with Crippen LogP contribution < -0.4 is 15.8 Å². The summed E-state index contributed by atoms with van der Waals surface area (Å²) in [6.07, 6.45) is 1.40. The van der Waals surface area contributed by atoms with Crippen molar-refractivity contribution in [3.05, 3.63) is 24.3 Å². The van der Waals surface area contributed by atoms with Crippen molar-refractivity contribution < 1.29 is 14.3 Å². The van der Waals surface area contributed by atoms with Gasteiger partial charge in [0.25, 0.3) is 0 Å². The summed E-state index contributed by atoms with van der Waals surface area (Å²) in [5, 5.41) is 2.76. The molecule has 5 nitrogen and oxygen atoms in total. The van der Waals surface area contributed by atoms with Gasteiger partial charge in [-0.05, 0) is 24.3 Å². The molecule has 1 fully saturated rings. The number of carbonyl (C=O) groups is 1. The van der Waals surface area contributed by atoms with E-state index in [1.54, 1.807) is 0 Å². The summed E-state index contributed by atoms with van der Waals surface area (Å²) in [5.41, 5.74) is 6.06. The third kappa shape index (κ3) is 5.06. The zero-order valence-electron chi connectivity index (χ0n) is 10.6. The summed E-state index contributed by atoms with van der Waals surface area (Å²) in [7, 11) is 0. The number of nitrogens with two attached hydrogens (primary N) is 1. The number of nitrogens with one attached hydrogen (secondary N) is 1. The van der Waals surface area contributed by atoms with Crippen LogP contribution in [0.1, 0.15) is 12.8 Å². The average molecular weight is 287 g/mol. The van der Waals surface area contributed by atoms with E-state index in [9.17, 15) is 4.79 Å². The number of halogens is 1. The minimum Gasteiger partial charge on any atom is -0.488 e. The normalized spacial score (nSPS) is 17.6. The molecular formula is C13H19ClN2O3. The number of amides is 1. The standard InChI is InChI=1S/C13H18N2O3.ClH/c14-7-5-13(16)15-10-1-3-11(4-2-10)18-12-6-8-17-9-12;/h1-4,12H,5-9,14H2,(H,15,16);1H. The molecule has 3 N–H and O–H groups in total. The van der Waals surface area contributed by atoms with Crippen LogP contribution in [-0.4, -0.2) is 31.8 Å². The van der Waals surface area contributed by atoms with Crippen molar-refractivity contribution in [3.63, 3.8) is 0 Å². The lowest BCUT2D eigenvalue weighted by Crippen LogP contribution is -2.17. The first kappa shape index (κ1) is 15.8. The minimum atomic E-state index is -0.0737. The number of anilines is 1. The number of hydrogen-bond donors (Lipinski definition) is 2. The van der Waals surface area contributed by atoms with E-state index in [1.165, 1.54) is 0 Å². The van der Waals surface area contributed by atoms with Crippen LogP contribution in [0.3, 0.4) is 0 Å². The van der Waals surface area contributed by atoms with Crippen LogP contribution in [0, 0.1) is 0 Å². The fourth-order valence-electron chi connectivity index (χ4n) is 1.77. The predicted molar refractivity (Wildman–Crippen MR) is 75.8 cm³/mol. The third-order valence-electron chi connectivity index (χ3n) is 2.70. The highest BCUT2D eigenvalue weighted by Gasteiger charge is 2.16. The van der Waals surface area contributed by atoms with Gasteiger partial charge in [-0.2, -0.15) is 0 Å². The molecule has 1 heterocycles. The summed E-state index contributed by atoms with van der Waals surface area (Å²) in [4.78, 5) is 11.3. The quantitative estimate of drug-likeness (QED) is 0.861. The zero-order chi connectivity index (χ0) is 12.8. The maximum absolute atomic E-state index is 11.3. The van der Waals surface area contributed by atoms with E-state index in [1.807, 2.05) is 24.3 Å². The van der Waals surface area contributed by atoms with Gasteiger partial charge in [0.2, 0.25) is 5.91 Å². The van der Waals surface area contributed by atoms with Crippen molar-refractivity contribution in [3.8, 4) is 5.75 Å². The molecule has 0 radical (unpaired) electrons. The Morgan fingerprint density at radius 1 is 1.42 bits per heavy atom. The molecule has 0 aromatic heterocycles. The summed E-state index contributed by atoms with van der Waals surface area (Å²) >= 11 is 0. The lowest BCUT2D eigenvalue weighted by atomic mass is 10.2. The van der Waals surface area contributed by atoms with Crippen molar-refractivity contribution in [1.29, 1.82) is 0 Å². The fraction of sp³-hybridized carbons (Fsp3) is 0.462. The number of benzene rings is 1. The molecular weight excluding hydrogens is 268 g/mol. The molecule has 0 aliphatic carbocycles. The van der Waals surface area contributed by atoms with Gasteiger partial charge in [0.05, 0.1) is 13.2 Å². The molecule has 106 valence electrons. The SMILES string of the molecule is Cl.NCCC(=O)Nc1ccc(OC2CCOC2)cc1. The van der Waals surface area contributed by atoms with Crippen LogP contribution in [-0.2, 0) is 9.53 Å². The van der Waals surface area contributed by atoms with Crippen LogP contribution in [0.5, 0.6) is 5.75 Å². The number of hydrogen-bond acceptors (Lipinski definition) is 4. The Balaban J connectivity index is 0.00000180. The first-order valence-electron chi connectivity index (χ1n) is 6.12. The maximum atomic E-state index is 11.3. The molecule has 1 aromatic rings. The number of rotatable bonds is 5. The second-order valence-electron chi connectivity index (χ2n) is 4.21. The van der Waals surface area contributed by atoms with Crippen molar-refractivity contribution in [2.75, 3.05) is 25.1 Å². The largest absolute Gasteiger partial charge is 0.488 e. The highest BCUT2D eigenvalue weighted by molar-refractivity contribution is 5.90. The van der Waals surface area contributed by atoms with E-state index in [2.05, 4.69) is 5.32 Å². The first-order valence-corrected chi connectivity index (χ1v) is 6.12. The molecule has 1 amide bonds. The lowest BCUT2D eigenvalue weighted by molar-refractivity contribution is -0.116. The van der Waals surface area contributed by atoms with Crippen LogP contribution in [0.4, 0.5) is 5.69 Å². The number of carbonyl (C=O) groups excluding carboxylic acids is 1. The van der Waals surface area contributed by atoms with Gasteiger partial charge in [0.15, 0.2) is 0 Å². The Labute approximate surface area is 118 Å². The van der Waals surface area contributed by atoms with E-state index in [-0.39, 0.29) is 24.4 Å². The molecule has 2 rings (SSSR count). The Bertz CT molecular complexity index is 391. The molecule has 1 atom stereocenters. The van der Waals surface area contributed by atoms with Crippen molar-refractivity contribution in [2.24, 2.45) is 5.73 Å². The van der Waals surface area contributed by atoms with Crippen LogP contribution in [0.15, 0.2) is 24.3 Å². The summed E-state index contributed by atoms with van der Waals surface area (Å²) < 4.78 is 11.0. The molecule has 6 heteroatoms.